The summed E-state index contributed by atoms with van der Waals surface area (Å²) in [6.07, 6.45) is 3.92. The van der Waals surface area contributed by atoms with Crippen LogP contribution in [0.5, 0.6) is 11.5 Å². The summed E-state index contributed by atoms with van der Waals surface area (Å²) in [5.74, 6) is 1.45. The second kappa shape index (κ2) is 9.02. The maximum atomic E-state index is 12.6. The van der Waals surface area contributed by atoms with Gasteiger partial charge in [0.05, 0.1) is 0 Å². The van der Waals surface area contributed by atoms with Gasteiger partial charge in [0.25, 0.3) is 5.91 Å². The molecule has 2 aromatic rings. The van der Waals surface area contributed by atoms with Gasteiger partial charge >= 0.3 is 0 Å². The Kier molecular flexibility index (Phi) is 6.02. The SMILES string of the molecule is Nc1ncccc1CNC(=O)C1CCC(NC(=O)C2COc3ccccc3O2)CC1. The summed E-state index contributed by atoms with van der Waals surface area (Å²) in [7, 11) is 0. The molecule has 1 saturated carbocycles. The molecule has 4 rings (SSSR count). The van der Waals surface area contributed by atoms with Crippen LogP contribution < -0.4 is 25.8 Å². The molecule has 4 N–H and O–H groups in total. The van der Waals surface area contributed by atoms with Crippen molar-refractivity contribution >= 4 is 17.6 Å². The van der Waals surface area contributed by atoms with Gasteiger partial charge in [-0.15, -0.1) is 0 Å². The molecular formula is C22H26N4O4. The van der Waals surface area contributed by atoms with E-state index in [4.69, 9.17) is 15.2 Å². The lowest BCUT2D eigenvalue weighted by atomic mass is 9.85. The summed E-state index contributed by atoms with van der Waals surface area (Å²) in [5, 5.41) is 5.99. The first-order chi connectivity index (χ1) is 14.6. The van der Waals surface area contributed by atoms with E-state index >= 15 is 0 Å². The van der Waals surface area contributed by atoms with Crippen LogP contribution in [0.2, 0.25) is 0 Å². The number of anilines is 1. The van der Waals surface area contributed by atoms with E-state index in [2.05, 4.69) is 15.6 Å². The van der Waals surface area contributed by atoms with Crippen LogP contribution >= 0.6 is 0 Å². The number of hydrogen-bond donors (Lipinski definition) is 3. The molecule has 1 atom stereocenters. The predicted molar refractivity (Wildman–Crippen MR) is 111 cm³/mol. The molecule has 0 spiro atoms. The van der Waals surface area contributed by atoms with Crippen LogP contribution in [-0.2, 0) is 16.1 Å². The monoisotopic (exact) mass is 410 g/mol. The largest absolute Gasteiger partial charge is 0.485 e. The number of carbonyl (C=O) groups is 2. The van der Waals surface area contributed by atoms with E-state index in [0.717, 1.165) is 31.2 Å². The number of ether oxygens (including phenoxy) is 2. The van der Waals surface area contributed by atoms with Crippen molar-refractivity contribution in [1.82, 2.24) is 15.6 Å². The van der Waals surface area contributed by atoms with Crippen molar-refractivity contribution in [3.63, 3.8) is 0 Å². The van der Waals surface area contributed by atoms with Gasteiger partial charge in [-0.2, -0.15) is 0 Å². The molecule has 158 valence electrons. The normalized spacial score (nSPS) is 22.7. The van der Waals surface area contributed by atoms with E-state index in [1.807, 2.05) is 24.3 Å². The Hall–Kier alpha value is -3.29. The van der Waals surface area contributed by atoms with E-state index in [1.165, 1.54) is 0 Å². The molecule has 0 bridgehead atoms. The fraction of sp³-hybridized carbons (Fsp3) is 0.409. The van der Waals surface area contributed by atoms with Crippen LogP contribution in [0.25, 0.3) is 0 Å². The highest BCUT2D eigenvalue weighted by Crippen LogP contribution is 2.31. The van der Waals surface area contributed by atoms with E-state index in [9.17, 15) is 9.59 Å². The Morgan fingerprint density at radius 3 is 2.57 bits per heavy atom. The van der Waals surface area contributed by atoms with Crippen LogP contribution in [0.1, 0.15) is 31.2 Å². The average Bonchev–Trinajstić information content (AvgIpc) is 2.78. The minimum Gasteiger partial charge on any atom is -0.485 e. The fourth-order valence-electron chi connectivity index (χ4n) is 3.87. The number of nitrogens with zero attached hydrogens (tertiary/aromatic N) is 1. The number of nitrogens with two attached hydrogens (primary N) is 1. The lowest BCUT2D eigenvalue weighted by Gasteiger charge is -2.31. The van der Waals surface area contributed by atoms with Crippen LogP contribution in [0.15, 0.2) is 42.6 Å². The standard InChI is InChI=1S/C22H26N4O4/c23-20-15(4-3-11-24-20)12-25-21(27)14-7-9-16(10-8-14)26-22(28)19-13-29-17-5-1-2-6-18(17)30-19/h1-6,11,14,16,19H,7-10,12-13H2,(H2,23,24)(H,25,27)(H,26,28). The first-order valence-corrected chi connectivity index (χ1v) is 10.3. The van der Waals surface area contributed by atoms with Gasteiger partial charge in [-0.25, -0.2) is 4.98 Å². The lowest BCUT2D eigenvalue weighted by Crippen LogP contribution is -2.49. The number of benzene rings is 1. The number of nitrogens with one attached hydrogen (secondary N) is 2. The molecule has 1 aliphatic carbocycles. The maximum Gasteiger partial charge on any atom is 0.264 e. The third-order valence-corrected chi connectivity index (χ3v) is 5.62. The van der Waals surface area contributed by atoms with Gasteiger partial charge < -0.3 is 25.8 Å². The van der Waals surface area contributed by atoms with Crippen molar-refractivity contribution in [2.75, 3.05) is 12.3 Å². The minimum atomic E-state index is -0.661. The molecule has 1 aliphatic heterocycles. The molecule has 30 heavy (non-hydrogen) atoms. The van der Waals surface area contributed by atoms with Crippen molar-refractivity contribution in [2.24, 2.45) is 5.92 Å². The Morgan fingerprint density at radius 1 is 1.03 bits per heavy atom. The Bertz CT molecular complexity index is 912. The van der Waals surface area contributed by atoms with Crippen LogP contribution in [0, 0.1) is 5.92 Å². The van der Waals surface area contributed by atoms with Crippen molar-refractivity contribution in [1.29, 1.82) is 0 Å². The third-order valence-electron chi connectivity index (χ3n) is 5.62. The number of carbonyl (C=O) groups excluding carboxylic acids is 2. The van der Waals surface area contributed by atoms with Gasteiger partial charge in [0.15, 0.2) is 11.5 Å². The zero-order valence-corrected chi connectivity index (χ0v) is 16.7. The smallest absolute Gasteiger partial charge is 0.264 e. The van der Waals surface area contributed by atoms with Crippen LogP contribution in [0.4, 0.5) is 5.82 Å². The zero-order chi connectivity index (χ0) is 20.9. The molecule has 8 heteroatoms. The predicted octanol–water partition coefficient (Wildman–Crippen LogP) is 1.80. The molecule has 0 radical (unpaired) electrons. The Balaban J connectivity index is 1.21. The number of rotatable bonds is 5. The van der Waals surface area contributed by atoms with Gasteiger partial charge in [0.1, 0.15) is 12.4 Å². The topological polar surface area (TPSA) is 116 Å². The quantitative estimate of drug-likeness (QED) is 0.692. The number of para-hydroxylation sites is 2. The highest BCUT2D eigenvalue weighted by atomic mass is 16.6. The Morgan fingerprint density at radius 2 is 1.80 bits per heavy atom. The number of pyridine rings is 1. The van der Waals surface area contributed by atoms with Crippen molar-refractivity contribution in [3.05, 3.63) is 48.2 Å². The number of aromatic nitrogens is 1. The van der Waals surface area contributed by atoms with Gasteiger partial charge in [0.2, 0.25) is 12.0 Å². The molecule has 1 fully saturated rings. The molecule has 0 saturated heterocycles. The van der Waals surface area contributed by atoms with Crippen LogP contribution in [-0.4, -0.2) is 35.6 Å². The second-order valence-corrected chi connectivity index (χ2v) is 7.69. The molecule has 8 nitrogen and oxygen atoms in total. The highest BCUT2D eigenvalue weighted by Gasteiger charge is 2.31. The molecule has 2 amide bonds. The summed E-state index contributed by atoms with van der Waals surface area (Å²) < 4.78 is 11.4. The molecule has 2 aliphatic rings. The number of fused-ring (bicyclic) bond motifs is 1. The van der Waals surface area contributed by atoms with Crippen molar-refractivity contribution in [3.8, 4) is 11.5 Å². The van der Waals surface area contributed by atoms with Gasteiger partial charge in [0, 0.05) is 30.3 Å². The number of nitrogen functional groups attached to an aromatic ring is 1. The summed E-state index contributed by atoms with van der Waals surface area (Å²) in [5.41, 5.74) is 6.62. The minimum absolute atomic E-state index is 0.0173. The summed E-state index contributed by atoms with van der Waals surface area (Å²) in [4.78, 5) is 29.1. The van der Waals surface area contributed by atoms with E-state index in [1.54, 1.807) is 18.3 Å². The first kappa shape index (κ1) is 20.0. The molecule has 2 heterocycles. The van der Waals surface area contributed by atoms with E-state index in [-0.39, 0.29) is 30.4 Å². The van der Waals surface area contributed by atoms with E-state index < -0.39 is 6.10 Å². The third kappa shape index (κ3) is 4.64. The summed E-state index contributed by atoms with van der Waals surface area (Å²) in [6, 6.07) is 11.0. The highest BCUT2D eigenvalue weighted by molar-refractivity contribution is 5.82. The summed E-state index contributed by atoms with van der Waals surface area (Å²) in [6.45, 7) is 0.563. The Labute approximate surface area is 175 Å². The van der Waals surface area contributed by atoms with Crippen LogP contribution in [0.3, 0.4) is 0 Å². The number of hydrogen-bond acceptors (Lipinski definition) is 6. The summed E-state index contributed by atoms with van der Waals surface area (Å²) >= 11 is 0. The molecular weight excluding hydrogens is 384 g/mol. The van der Waals surface area contributed by atoms with Crippen molar-refractivity contribution in [2.45, 2.75) is 44.4 Å². The lowest BCUT2D eigenvalue weighted by molar-refractivity contribution is -0.131. The van der Waals surface area contributed by atoms with E-state index in [0.29, 0.717) is 23.9 Å². The first-order valence-electron chi connectivity index (χ1n) is 10.3. The van der Waals surface area contributed by atoms with Gasteiger partial charge in [-0.05, 0) is 43.9 Å². The fourth-order valence-corrected chi connectivity index (χ4v) is 3.87. The maximum absolute atomic E-state index is 12.6. The molecule has 1 unspecified atom stereocenters. The zero-order valence-electron chi connectivity index (χ0n) is 16.7. The molecule has 1 aromatic carbocycles. The molecule has 1 aromatic heterocycles. The van der Waals surface area contributed by atoms with Gasteiger partial charge in [-0.1, -0.05) is 18.2 Å². The average molecular weight is 410 g/mol. The van der Waals surface area contributed by atoms with Gasteiger partial charge in [-0.3, -0.25) is 9.59 Å². The number of amides is 2. The second-order valence-electron chi connectivity index (χ2n) is 7.69. The van der Waals surface area contributed by atoms with Crippen molar-refractivity contribution < 1.29 is 19.1 Å².